The fourth-order valence-corrected chi connectivity index (χ4v) is 4.03. The second-order valence-corrected chi connectivity index (χ2v) is 8.63. The largest absolute Gasteiger partial charge is 0.394 e. The van der Waals surface area contributed by atoms with Crippen molar-refractivity contribution in [2.75, 3.05) is 26.9 Å². The molecule has 0 radical (unpaired) electrons. The summed E-state index contributed by atoms with van der Waals surface area (Å²) in [6, 6.07) is 0. The number of aliphatic hydroxyl groups excluding tert-OH is 10. The molecule has 0 aromatic rings. The molecule has 0 aromatic heterocycles. The predicted octanol–water partition coefficient (Wildman–Crippen LogP) is -6.92. The van der Waals surface area contributed by atoms with E-state index in [-0.39, 0.29) is 0 Å². The Bertz CT molecular complexity index is 600. The highest BCUT2D eigenvalue weighted by atomic mass is 16.7. The van der Waals surface area contributed by atoms with Crippen LogP contribution < -0.4 is 0 Å². The van der Waals surface area contributed by atoms with Crippen molar-refractivity contribution in [3.05, 3.63) is 0 Å². The van der Waals surface area contributed by atoms with Gasteiger partial charge in [-0.1, -0.05) is 0 Å². The Balaban J connectivity index is 1.59. The van der Waals surface area contributed by atoms with Gasteiger partial charge in [-0.25, -0.2) is 0 Å². The van der Waals surface area contributed by atoms with Gasteiger partial charge >= 0.3 is 0 Å². The minimum absolute atomic E-state index is 0.490. The van der Waals surface area contributed by atoms with Crippen LogP contribution in [0, 0.1) is 0 Å². The minimum atomic E-state index is -1.77. The normalized spacial score (nSPS) is 51.3. The Hall–Kier alpha value is -0.640. The Morgan fingerprint density at radius 1 is 0.486 bits per heavy atom. The molecule has 3 heterocycles. The van der Waals surface area contributed by atoms with Gasteiger partial charge in [-0.05, 0) is 0 Å². The van der Waals surface area contributed by atoms with Crippen LogP contribution in [0.2, 0.25) is 0 Å². The molecule has 2 unspecified atom stereocenters. The van der Waals surface area contributed by atoms with Gasteiger partial charge in [0.1, 0.15) is 73.2 Å². The van der Waals surface area contributed by atoms with Crippen molar-refractivity contribution in [2.45, 2.75) is 92.1 Å². The molecule has 0 amide bonds. The second-order valence-electron chi connectivity index (χ2n) is 8.63. The highest BCUT2D eigenvalue weighted by Gasteiger charge is 2.49. The van der Waals surface area contributed by atoms with Crippen molar-refractivity contribution in [1.29, 1.82) is 0 Å². The van der Waals surface area contributed by atoms with Crippen LogP contribution >= 0.6 is 0 Å². The summed E-state index contributed by atoms with van der Waals surface area (Å²) in [4.78, 5) is 0. The average Bonchev–Trinajstić information content (AvgIpc) is 2.85. The van der Waals surface area contributed by atoms with E-state index < -0.39 is 112 Å². The quantitative estimate of drug-likeness (QED) is 0.143. The Labute approximate surface area is 199 Å². The third kappa shape index (κ3) is 6.10. The molecule has 0 bridgehead atoms. The van der Waals surface area contributed by atoms with Crippen LogP contribution in [-0.4, -0.2) is 170 Å². The highest BCUT2D eigenvalue weighted by molar-refractivity contribution is 4.93. The number of rotatable bonds is 8. The van der Waals surface area contributed by atoms with E-state index in [1.807, 2.05) is 0 Å². The predicted molar refractivity (Wildman–Crippen MR) is 106 cm³/mol. The van der Waals surface area contributed by atoms with Gasteiger partial charge in [0.15, 0.2) is 18.9 Å². The summed E-state index contributed by atoms with van der Waals surface area (Å²) in [5.41, 5.74) is 0. The number of hydrogen-bond acceptors (Lipinski definition) is 16. The van der Waals surface area contributed by atoms with Crippen LogP contribution in [-0.2, 0) is 28.4 Å². The van der Waals surface area contributed by atoms with E-state index in [4.69, 9.17) is 28.4 Å². The molecule has 16 nitrogen and oxygen atoms in total. The first-order valence-corrected chi connectivity index (χ1v) is 11.0. The van der Waals surface area contributed by atoms with E-state index in [0.717, 1.165) is 0 Å². The molecule has 15 atom stereocenters. The SMILES string of the molecule is COC1O[C@H](CO[C@@H]2OC(CO[C@@H]3O[C@H](CO)[C@@H](O)[C@H](O)[C@H]3O)[C@@H](O)[C@H](O)[C@H]2O)[C@@H](O)[C@H](O)[C@H]1O. The summed E-state index contributed by atoms with van der Waals surface area (Å²) in [6.45, 7) is -1.72. The smallest absolute Gasteiger partial charge is 0.186 e. The number of methoxy groups -OCH3 is 1. The molecular weight excluding hydrogens is 484 g/mol. The molecule has 0 aliphatic carbocycles. The van der Waals surface area contributed by atoms with Crippen LogP contribution in [0.4, 0.5) is 0 Å². The van der Waals surface area contributed by atoms with Crippen LogP contribution in [0.15, 0.2) is 0 Å². The Morgan fingerprint density at radius 2 is 0.829 bits per heavy atom. The molecule has 10 N–H and O–H groups in total. The zero-order chi connectivity index (χ0) is 26.0. The van der Waals surface area contributed by atoms with E-state index >= 15 is 0 Å². The van der Waals surface area contributed by atoms with Crippen LogP contribution in [0.3, 0.4) is 0 Å². The molecule has 35 heavy (non-hydrogen) atoms. The standard InChI is InChI=1S/C19H34O16/c1-30-17-14(27)12(25)9(22)6(34-17)3-32-19-16(29)13(26)10(23)7(35-19)4-31-18-15(28)11(24)8(21)5(2-20)33-18/h5-29H,2-4H2,1H3/t5-,6-,7?,8-,9-,10-,11+,12+,13+,14-,15-,16-,17?,18-,19-/m1/s1. The van der Waals surface area contributed by atoms with Crippen molar-refractivity contribution in [3.8, 4) is 0 Å². The lowest BCUT2D eigenvalue weighted by atomic mass is 9.98. The zero-order valence-electron chi connectivity index (χ0n) is 18.7. The molecule has 0 aromatic carbocycles. The monoisotopic (exact) mass is 518 g/mol. The molecule has 0 saturated carbocycles. The van der Waals surface area contributed by atoms with E-state index in [1.54, 1.807) is 0 Å². The van der Waals surface area contributed by atoms with Gasteiger partial charge in [-0.3, -0.25) is 0 Å². The van der Waals surface area contributed by atoms with Crippen LogP contribution in [0.5, 0.6) is 0 Å². The fraction of sp³-hybridized carbons (Fsp3) is 1.00. The number of hydrogen-bond donors (Lipinski definition) is 10. The Kier molecular flexibility index (Phi) is 10.1. The summed E-state index contributed by atoms with van der Waals surface area (Å²) in [7, 11) is 1.21. The molecule has 3 rings (SSSR count). The lowest BCUT2D eigenvalue weighted by Crippen LogP contribution is -2.62. The van der Waals surface area contributed by atoms with E-state index in [9.17, 15) is 51.1 Å². The molecule has 3 aliphatic heterocycles. The van der Waals surface area contributed by atoms with Gasteiger partial charge in [-0.2, -0.15) is 0 Å². The lowest BCUT2D eigenvalue weighted by Gasteiger charge is -2.43. The molecule has 3 aliphatic rings. The molecular formula is C19H34O16. The van der Waals surface area contributed by atoms with Crippen molar-refractivity contribution >= 4 is 0 Å². The first-order chi connectivity index (χ1) is 16.5. The van der Waals surface area contributed by atoms with E-state index in [2.05, 4.69) is 0 Å². The topological polar surface area (TPSA) is 258 Å². The van der Waals surface area contributed by atoms with E-state index in [0.29, 0.717) is 0 Å². The minimum Gasteiger partial charge on any atom is -0.394 e. The third-order valence-corrected chi connectivity index (χ3v) is 6.27. The molecule has 0 spiro atoms. The zero-order valence-corrected chi connectivity index (χ0v) is 18.7. The summed E-state index contributed by atoms with van der Waals surface area (Å²) < 4.78 is 31.6. The van der Waals surface area contributed by atoms with Gasteiger partial charge in [-0.15, -0.1) is 0 Å². The lowest BCUT2D eigenvalue weighted by molar-refractivity contribution is -0.341. The third-order valence-electron chi connectivity index (χ3n) is 6.27. The van der Waals surface area contributed by atoms with E-state index in [1.165, 1.54) is 7.11 Å². The van der Waals surface area contributed by atoms with Gasteiger partial charge < -0.3 is 79.5 Å². The van der Waals surface area contributed by atoms with Gasteiger partial charge in [0.05, 0.1) is 19.8 Å². The van der Waals surface area contributed by atoms with Crippen molar-refractivity contribution < 1.29 is 79.5 Å². The summed E-state index contributed by atoms with van der Waals surface area (Å²) >= 11 is 0. The van der Waals surface area contributed by atoms with Crippen LogP contribution in [0.1, 0.15) is 0 Å². The number of aliphatic hydroxyl groups is 10. The van der Waals surface area contributed by atoms with Crippen molar-refractivity contribution in [2.24, 2.45) is 0 Å². The van der Waals surface area contributed by atoms with Gasteiger partial charge in [0, 0.05) is 7.11 Å². The van der Waals surface area contributed by atoms with Crippen LogP contribution in [0.25, 0.3) is 0 Å². The molecule has 3 saturated heterocycles. The number of ether oxygens (including phenoxy) is 6. The van der Waals surface area contributed by atoms with Crippen molar-refractivity contribution in [3.63, 3.8) is 0 Å². The first-order valence-electron chi connectivity index (χ1n) is 11.0. The van der Waals surface area contributed by atoms with Gasteiger partial charge in [0.2, 0.25) is 0 Å². The summed E-state index contributed by atoms with van der Waals surface area (Å²) in [5, 5.41) is 99.5. The maximum absolute atomic E-state index is 10.3. The average molecular weight is 518 g/mol. The first kappa shape index (κ1) is 28.9. The maximum Gasteiger partial charge on any atom is 0.186 e. The molecule has 3 fully saturated rings. The van der Waals surface area contributed by atoms with Gasteiger partial charge in [0.25, 0.3) is 0 Å². The highest BCUT2D eigenvalue weighted by Crippen LogP contribution is 2.27. The van der Waals surface area contributed by atoms with Crippen molar-refractivity contribution in [1.82, 2.24) is 0 Å². The maximum atomic E-state index is 10.3. The summed E-state index contributed by atoms with van der Waals surface area (Å²) in [5.74, 6) is 0. The fourth-order valence-electron chi connectivity index (χ4n) is 4.03. The molecule has 16 heteroatoms. The summed E-state index contributed by atoms with van der Waals surface area (Å²) in [6.07, 6.45) is -23.1. The molecule has 206 valence electrons. The second kappa shape index (κ2) is 12.3. The Morgan fingerprint density at radius 3 is 1.23 bits per heavy atom.